The van der Waals surface area contributed by atoms with E-state index in [4.69, 9.17) is 4.74 Å². The summed E-state index contributed by atoms with van der Waals surface area (Å²) < 4.78 is 4.88. The lowest BCUT2D eigenvalue weighted by atomic mass is 10.3. The molecule has 3 nitrogen and oxygen atoms in total. The maximum atomic E-state index is 4.88. The predicted octanol–water partition coefficient (Wildman–Crippen LogP) is 0.667. The maximum Gasteiger partial charge on any atom is 0.143 e. The van der Waals surface area contributed by atoms with Crippen LogP contribution in [0, 0.1) is 6.92 Å². The molecule has 0 atom stereocenters. The van der Waals surface area contributed by atoms with E-state index < -0.39 is 0 Å². The van der Waals surface area contributed by atoms with Crippen molar-refractivity contribution < 1.29 is 4.74 Å². The minimum Gasteiger partial charge on any atom is -0.495 e. The molecule has 0 bridgehead atoms. The summed E-state index contributed by atoms with van der Waals surface area (Å²) >= 11 is 0. The zero-order valence-electron chi connectivity index (χ0n) is 5.16. The van der Waals surface area contributed by atoms with Crippen LogP contribution in [0.25, 0.3) is 0 Å². The first-order chi connectivity index (χ1) is 4.34. The van der Waals surface area contributed by atoms with Gasteiger partial charge in [-0.2, -0.15) is 10.2 Å². The molecule has 0 saturated carbocycles. The second-order valence-corrected chi connectivity index (χ2v) is 1.58. The van der Waals surface area contributed by atoms with Crippen molar-refractivity contribution in [2.75, 3.05) is 7.11 Å². The lowest BCUT2D eigenvalue weighted by Crippen LogP contribution is -1.89. The summed E-state index contributed by atoms with van der Waals surface area (Å²) in [7, 11) is 1.58. The third-order valence-electron chi connectivity index (χ3n) is 0.992. The van der Waals surface area contributed by atoms with Gasteiger partial charge in [0.25, 0.3) is 0 Å². The number of hydrogen-bond acceptors (Lipinski definition) is 3. The van der Waals surface area contributed by atoms with Gasteiger partial charge in [-0.15, -0.1) is 0 Å². The van der Waals surface area contributed by atoms with E-state index in [-0.39, 0.29) is 0 Å². The van der Waals surface area contributed by atoms with Crippen molar-refractivity contribution in [3.05, 3.63) is 24.9 Å². The standard InChI is InChI=1S/C6H7N2O/c1-5-3-7-8-4-6(5)9-2/h3-4H,1H2,2H3. The van der Waals surface area contributed by atoms with Gasteiger partial charge in [-0.3, -0.25) is 0 Å². The molecule has 1 aromatic rings. The lowest BCUT2D eigenvalue weighted by Gasteiger charge is -1.98. The van der Waals surface area contributed by atoms with Crippen molar-refractivity contribution in [3.63, 3.8) is 0 Å². The van der Waals surface area contributed by atoms with Crippen LogP contribution in [0.15, 0.2) is 12.4 Å². The van der Waals surface area contributed by atoms with E-state index in [1.54, 1.807) is 13.3 Å². The summed E-state index contributed by atoms with van der Waals surface area (Å²) in [5, 5.41) is 7.20. The molecule has 0 aromatic carbocycles. The Bertz CT molecular complexity index is 200. The second kappa shape index (κ2) is 2.44. The highest BCUT2D eigenvalue weighted by Crippen LogP contribution is 2.11. The van der Waals surface area contributed by atoms with Gasteiger partial charge in [-0.1, -0.05) is 0 Å². The van der Waals surface area contributed by atoms with Crippen LogP contribution in [0.2, 0.25) is 0 Å². The fourth-order valence-electron chi connectivity index (χ4n) is 0.519. The summed E-state index contributed by atoms with van der Waals surface area (Å²) in [5.41, 5.74) is 0.757. The summed E-state index contributed by atoms with van der Waals surface area (Å²) in [5.74, 6) is 0.671. The molecule has 47 valence electrons. The molecule has 0 spiro atoms. The van der Waals surface area contributed by atoms with Crippen LogP contribution in [0.4, 0.5) is 0 Å². The highest BCUT2D eigenvalue weighted by atomic mass is 16.5. The minimum atomic E-state index is 0.671. The number of rotatable bonds is 1. The van der Waals surface area contributed by atoms with Gasteiger partial charge >= 0.3 is 0 Å². The highest BCUT2D eigenvalue weighted by Gasteiger charge is 1.93. The number of aromatic nitrogens is 2. The normalized spacial score (nSPS) is 9.11. The zero-order chi connectivity index (χ0) is 6.69. The van der Waals surface area contributed by atoms with Crippen LogP contribution in [-0.4, -0.2) is 17.3 Å². The number of hydrogen-bond donors (Lipinski definition) is 0. The minimum absolute atomic E-state index is 0.671. The van der Waals surface area contributed by atoms with Gasteiger partial charge in [0.2, 0.25) is 0 Å². The summed E-state index contributed by atoms with van der Waals surface area (Å²) in [6, 6.07) is 0. The highest BCUT2D eigenvalue weighted by molar-refractivity contribution is 5.29. The van der Waals surface area contributed by atoms with E-state index in [9.17, 15) is 0 Å². The van der Waals surface area contributed by atoms with Crippen molar-refractivity contribution in [2.24, 2.45) is 0 Å². The Hall–Kier alpha value is -1.12. The molecule has 0 fully saturated rings. The Morgan fingerprint density at radius 2 is 2.11 bits per heavy atom. The fourth-order valence-corrected chi connectivity index (χ4v) is 0.519. The molecule has 0 N–H and O–H groups in total. The molecular weight excluding hydrogens is 116 g/mol. The molecule has 0 unspecified atom stereocenters. The molecule has 3 heteroatoms. The Kier molecular flexibility index (Phi) is 1.63. The average Bonchev–Trinajstić information content (AvgIpc) is 1.89. The molecule has 1 rings (SSSR count). The van der Waals surface area contributed by atoms with E-state index in [0.717, 1.165) is 5.56 Å². The zero-order valence-corrected chi connectivity index (χ0v) is 5.16. The fraction of sp³-hybridized carbons (Fsp3) is 0.167. The van der Waals surface area contributed by atoms with Gasteiger partial charge in [0.1, 0.15) is 5.75 Å². The first kappa shape index (κ1) is 6.01. The number of methoxy groups -OCH3 is 1. The van der Waals surface area contributed by atoms with Crippen molar-refractivity contribution in [2.45, 2.75) is 0 Å². The smallest absolute Gasteiger partial charge is 0.143 e. The van der Waals surface area contributed by atoms with E-state index in [0.29, 0.717) is 5.75 Å². The molecule has 9 heavy (non-hydrogen) atoms. The van der Waals surface area contributed by atoms with Gasteiger partial charge in [0, 0.05) is 5.56 Å². The topological polar surface area (TPSA) is 35.0 Å². The molecule has 0 aliphatic rings. The second-order valence-electron chi connectivity index (χ2n) is 1.58. The van der Waals surface area contributed by atoms with Crippen LogP contribution >= 0.6 is 0 Å². The van der Waals surface area contributed by atoms with Crippen LogP contribution in [0.3, 0.4) is 0 Å². The van der Waals surface area contributed by atoms with Crippen LogP contribution in [0.1, 0.15) is 5.56 Å². The molecule has 0 aliphatic carbocycles. The van der Waals surface area contributed by atoms with Gasteiger partial charge in [-0.05, 0) is 6.92 Å². The van der Waals surface area contributed by atoms with E-state index in [2.05, 4.69) is 17.1 Å². The van der Waals surface area contributed by atoms with E-state index >= 15 is 0 Å². The first-order valence-electron chi connectivity index (χ1n) is 2.51. The summed E-state index contributed by atoms with van der Waals surface area (Å²) in [6.45, 7) is 3.66. The monoisotopic (exact) mass is 123 g/mol. The molecule has 0 aliphatic heterocycles. The Morgan fingerprint density at radius 1 is 1.44 bits per heavy atom. The van der Waals surface area contributed by atoms with Gasteiger partial charge in [0.05, 0.1) is 19.5 Å². The van der Waals surface area contributed by atoms with Gasteiger partial charge < -0.3 is 4.74 Å². The third kappa shape index (κ3) is 1.16. The molecule has 1 heterocycles. The molecular formula is C6H7N2O. The Balaban J connectivity index is 3.01. The quantitative estimate of drug-likeness (QED) is 0.550. The Morgan fingerprint density at radius 3 is 2.56 bits per heavy atom. The van der Waals surface area contributed by atoms with Crippen LogP contribution < -0.4 is 4.74 Å². The average molecular weight is 123 g/mol. The summed E-state index contributed by atoms with van der Waals surface area (Å²) in [4.78, 5) is 0. The van der Waals surface area contributed by atoms with Crippen molar-refractivity contribution >= 4 is 0 Å². The third-order valence-corrected chi connectivity index (χ3v) is 0.992. The SMILES string of the molecule is [CH2]c1cnncc1OC. The van der Waals surface area contributed by atoms with Crippen LogP contribution in [0.5, 0.6) is 5.75 Å². The summed E-state index contributed by atoms with van der Waals surface area (Å²) in [6.07, 6.45) is 3.08. The molecule has 1 aromatic heterocycles. The predicted molar refractivity (Wildman–Crippen MR) is 33.0 cm³/mol. The Labute approximate surface area is 53.7 Å². The van der Waals surface area contributed by atoms with Crippen molar-refractivity contribution in [3.8, 4) is 5.75 Å². The number of nitrogens with zero attached hydrogens (tertiary/aromatic N) is 2. The molecule has 0 saturated heterocycles. The molecule has 1 radical (unpaired) electrons. The van der Waals surface area contributed by atoms with E-state index in [1.807, 2.05) is 0 Å². The maximum absolute atomic E-state index is 4.88. The largest absolute Gasteiger partial charge is 0.495 e. The lowest BCUT2D eigenvalue weighted by molar-refractivity contribution is 0.409. The first-order valence-corrected chi connectivity index (χ1v) is 2.51. The molecule has 0 amide bonds. The van der Waals surface area contributed by atoms with E-state index in [1.165, 1.54) is 6.20 Å². The van der Waals surface area contributed by atoms with Crippen molar-refractivity contribution in [1.29, 1.82) is 0 Å². The van der Waals surface area contributed by atoms with Crippen molar-refractivity contribution in [1.82, 2.24) is 10.2 Å². The van der Waals surface area contributed by atoms with Gasteiger partial charge in [-0.25, -0.2) is 0 Å². The number of ether oxygens (including phenoxy) is 1. The van der Waals surface area contributed by atoms with Gasteiger partial charge in [0.15, 0.2) is 0 Å². The van der Waals surface area contributed by atoms with Crippen LogP contribution in [-0.2, 0) is 0 Å².